The van der Waals surface area contributed by atoms with Gasteiger partial charge in [-0.05, 0) is 101 Å². The normalized spacial score (nSPS) is 18.1. The van der Waals surface area contributed by atoms with Crippen LogP contribution >= 0.6 is 0 Å². The molecule has 3 aliphatic rings. The van der Waals surface area contributed by atoms with Crippen LogP contribution in [-0.4, -0.2) is 12.6 Å². The molecule has 5 heterocycles. The van der Waals surface area contributed by atoms with E-state index in [-0.39, 0.29) is 29.0 Å². The van der Waals surface area contributed by atoms with Crippen molar-refractivity contribution in [2.45, 2.75) is 77.2 Å². The zero-order chi connectivity index (χ0) is 47.6. The minimum atomic E-state index is -1.72. The highest BCUT2D eigenvalue weighted by molar-refractivity contribution is 6.88. The van der Waals surface area contributed by atoms with Crippen LogP contribution in [0.15, 0.2) is 168 Å². The van der Waals surface area contributed by atoms with Gasteiger partial charge in [0.15, 0.2) is 34.4 Å². The van der Waals surface area contributed by atoms with Crippen molar-refractivity contribution in [3.63, 3.8) is 0 Å². The second-order valence-electron chi connectivity index (χ2n) is 21.8. The van der Waals surface area contributed by atoms with Gasteiger partial charge in [-0.3, -0.25) is 0 Å². The molecule has 0 saturated heterocycles. The van der Waals surface area contributed by atoms with Crippen LogP contribution in [0, 0.1) is 25.5 Å². The molecule has 0 bridgehead atoms. The van der Waals surface area contributed by atoms with E-state index in [1.165, 1.54) is 22.0 Å². The third-order valence-corrected chi connectivity index (χ3v) is 17.7. The van der Waals surface area contributed by atoms with Crippen LogP contribution in [0.3, 0.4) is 0 Å². The van der Waals surface area contributed by atoms with Crippen LogP contribution in [-0.2, 0) is 11.0 Å². The van der Waals surface area contributed by atoms with Crippen LogP contribution in [0.5, 0.6) is 0 Å². The molecule has 0 amide bonds. The lowest BCUT2D eigenvalue weighted by Gasteiger charge is -2.52. The Bertz CT molecular complexity index is 3880. The molecule has 69 heavy (non-hydrogen) atoms. The van der Waals surface area contributed by atoms with Gasteiger partial charge < -0.3 is 4.42 Å². The van der Waals surface area contributed by atoms with Gasteiger partial charge in [-0.2, -0.15) is 9.13 Å². The van der Waals surface area contributed by atoms with Crippen LogP contribution in [0.4, 0.5) is 8.78 Å². The van der Waals surface area contributed by atoms with Crippen LogP contribution < -0.4 is 14.3 Å². The predicted molar refractivity (Wildman–Crippen MR) is 278 cm³/mol. The first-order valence-corrected chi connectivity index (χ1v) is 27.6. The molecule has 3 atom stereocenters. The molecule has 338 valence electrons. The Balaban J connectivity index is 1.19. The first-order chi connectivity index (χ1) is 33.1. The minimum absolute atomic E-state index is 0.0466. The average Bonchev–Trinajstić information content (AvgIpc) is 3.97. The third-order valence-electron chi connectivity index (χ3n) is 15.7. The standard InChI is InChI=1S/C62H53F2N3OSi/c1-35-30-40(31-36(2)56(35)64)39-22-25-45-47-26-27-48-54(59(47)68-53(45)32-39)60-66(58-43(38-16-11-10-12-17-38)20-15-21-49(58)61(4,5)6)52-33-41(63)23-28-51(52)67(60)62(48)37(3)57-55(62)46-19-14-13-18-44(46)50-29-24-42(34-65(50)57)69(7,8)9/h10-34,55,57H,3H2,1-2,4-9H3/q+2. The SMILES string of the molecule is C=C1C2C(c3ccccc3-c3ccc([Si](C)(C)C)c[n+]32)C12c1ccc3c(oc4cc(-c5cc(C)c(F)c(C)c5)ccc43)c1-c1n(-c3c(-c4ccccc4)cccc3C(C)(C)C)c3cc(F)ccc3[n+]12. The fourth-order valence-corrected chi connectivity index (χ4v) is 13.7. The average molecular weight is 922 g/mol. The van der Waals surface area contributed by atoms with Crippen LogP contribution in [0.25, 0.3) is 83.6 Å². The van der Waals surface area contributed by atoms with E-state index in [1.807, 2.05) is 32.0 Å². The molecule has 0 radical (unpaired) electrons. The zero-order valence-electron chi connectivity index (χ0n) is 40.3. The lowest BCUT2D eigenvalue weighted by Crippen LogP contribution is -2.74. The van der Waals surface area contributed by atoms with Crippen molar-refractivity contribution >= 4 is 46.2 Å². The number of furan rings is 1. The number of fused-ring (bicyclic) bond motifs is 18. The Morgan fingerprint density at radius 3 is 2.19 bits per heavy atom. The Kier molecular flexibility index (Phi) is 8.61. The Morgan fingerprint density at radius 1 is 0.710 bits per heavy atom. The summed E-state index contributed by atoms with van der Waals surface area (Å²) in [6.07, 6.45) is 2.42. The van der Waals surface area contributed by atoms with Crippen molar-refractivity contribution < 1.29 is 22.3 Å². The molecule has 2 aliphatic heterocycles. The largest absolute Gasteiger partial charge is 0.455 e. The minimum Gasteiger partial charge on any atom is -0.455 e. The van der Waals surface area contributed by atoms with Gasteiger partial charge in [-0.1, -0.05) is 132 Å². The number of halogens is 2. The summed E-state index contributed by atoms with van der Waals surface area (Å²) in [5.74, 6) is 0.369. The fourth-order valence-electron chi connectivity index (χ4n) is 12.6. The second-order valence-corrected chi connectivity index (χ2v) is 26.9. The molecule has 3 aromatic heterocycles. The highest BCUT2D eigenvalue weighted by Gasteiger charge is 2.75. The maximum atomic E-state index is 16.3. The molecule has 13 rings (SSSR count). The fraction of sp³-hybridized carbons (Fsp3) is 0.194. The molecule has 0 N–H and O–H groups in total. The highest BCUT2D eigenvalue weighted by atomic mass is 28.3. The molecular weight excluding hydrogens is 869 g/mol. The monoisotopic (exact) mass is 921 g/mol. The third kappa shape index (κ3) is 5.59. The van der Waals surface area contributed by atoms with Gasteiger partial charge in [0.25, 0.3) is 5.82 Å². The second kappa shape index (κ2) is 14.2. The maximum Gasteiger partial charge on any atom is 0.300 e. The van der Waals surface area contributed by atoms with E-state index in [1.54, 1.807) is 12.1 Å². The van der Waals surface area contributed by atoms with Gasteiger partial charge in [-0.25, -0.2) is 13.3 Å². The van der Waals surface area contributed by atoms with Crippen molar-refractivity contribution in [2.75, 3.05) is 0 Å². The first-order valence-electron chi connectivity index (χ1n) is 24.1. The van der Waals surface area contributed by atoms with E-state index in [9.17, 15) is 4.39 Å². The van der Waals surface area contributed by atoms with Crippen molar-refractivity contribution in [2.24, 2.45) is 0 Å². The van der Waals surface area contributed by atoms with Gasteiger partial charge >= 0.3 is 0 Å². The molecule has 3 unspecified atom stereocenters. The van der Waals surface area contributed by atoms with E-state index >= 15 is 4.39 Å². The van der Waals surface area contributed by atoms with Gasteiger partial charge in [0, 0.05) is 50.4 Å². The number of hydrogen-bond acceptors (Lipinski definition) is 1. The molecule has 1 saturated carbocycles. The number of benzene rings is 7. The number of pyridine rings is 1. The van der Waals surface area contributed by atoms with Gasteiger partial charge in [0.2, 0.25) is 5.69 Å². The highest BCUT2D eigenvalue weighted by Crippen LogP contribution is 2.67. The molecule has 10 aromatic rings. The number of imidazole rings is 1. The first kappa shape index (κ1) is 41.9. The topological polar surface area (TPSA) is 25.8 Å². The maximum absolute atomic E-state index is 16.3. The van der Waals surface area contributed by atoms with E-state index in [0.29, 0.717) is 11.1 Å². The molecule has 1 aliphatic carbocycles. The molecule has 1 spiro atoms. The summed E-state index contributed by atoms with van der Waals surface area (Å²) >= 11 is 0. The van der Waals surface area contributed by atoms with Gasteiger partial charge in [-0.15, -0.1) is 0 Å². The van der Waals surface area contributed by atoms with Crippen molar-refractivity contribution in [3.8, 4) is 50.6 Å². The Labute approximate surface area is 402 Å². The quantitative estimate of drug-likeness (QED) is 0.0981. The number of aromatic nitrogens is 3. The van der Waals surface area contributed by atoms with E-state index in [4.69, 9.17) is 11.0 Å². The van der Waals surface area contributed by atoms with Gasteiger partial charge in [0.05, 0.1) is 13.6 Å². The Morgan fingerprint density at radius 2 is 1.43 bits per heavy atom. The summed E-state index contributed by atoms with van der Waals surface area (Å²) in [6.45, 7) is 22.8. The summed E-state index contributed by atoms with van der Waals surface area (Å²) in [6, 6.07) is 50.7. The number of rotatable bonds is 4. The predicted octanol–water partition coefficient (Wildman–Crippen LogP) is 14.5. The molecule has 7 heteroatoms. The molecule has 7 aromatic carbocycles. The van der Waals surface area contributed by atoms with E-state index in [2.05, 4.69) is 176 Å². The number of para-hydroxylation sites is 1. The smallest absolute Gasteiger partial charge is 0.300 e. The Hall–Kier alpha value is -7.22. The van der Waals surface area contributed by atoms with Gasteiger partial charge in [0.1, 0.15) is 34.4 Å². The van der Waals surface area contributed by atoms with E-state index in [0.717, 1.165) is 89.0 Å². The van der Waals surface area contributed by atoms with Crippen LogP contribution in [0.2, 0.25) is 19.6 Å². The molecular formula is C62H53F2N3OSi+2. The van der Waals surface area contributed by atoms with E-state index < -0.39 is 13.6 Å². The zero-order valence-corrected chi connectivity index (χ0v) is 41.3. The summed E-state index contributed by atoms with van der Waals surface area (Å²) in [5, 5.41) is 3.38. The number of aryl methyl sites for hydroxylation is 2. The molecule has 1 fully saturated rings. The van der Waals surface area contributed by atoms with Crippen molar-refractivity contribution in [3.05, 3.63) is 203 Å². The van der Waals surface area contributed by atoms with Crippen LogP contribution in [0.1, 0.15) is 60.5 Å². The number of nitrogens with zero attached hydrogens (tertiary/aromatic N) is 3. The summed E-state index contributed by atoms with van der Waals surface area (Å²) in [4.78, 5) is 0. The summed E-state index contributed by atoms with van der Waals surface area (Å²) in [5.41, 5.74) is 16.3. The lowest BCUT2D eigenvalue weighted by molar-refractivity contribution is -0.780. The van der Waals surface area contributed by atoms with Crippen molar-refractivity contribution in [1.82, 2.24) is 4.57 Å². The number of allylic oxidation sites excluding steroid dienone is 1. The number of hydrogen-bond donors (Lipinski definition) is 0. The summed E-state index contributed by atoms with van der Waals surface area (Å²) < 4.78 is 46.0. The molecule has 4 nitrogen and oxygen atoms in total. The lowest BCUT2D eigenvalue weighted by atomic mass is 9.52. The summed E-state index contributed by atoms with van der Waals surface area (Å²) in [7, 11) is -1.72. The van der Waals surface area contributed by atoms with Crippen molar-refractivity contribution in [1.29, 1.82) is 0 Å².